The highest BCUT2D eigenvalue weighted by molar-refractivity contribution is 5.54. The Labute approximate surface area is 118 Å². The molecule has 1 fully saturated rings. The van der Waals surface area contributed by atoms with Gasteiger partial charge in [-0.2, -0.15) is 4.98 Å². The van der Waals surface area contributed by atoms with Gasteiger partial charge in [0.15, 0.2) is 5.82 Å². The Balaban J connectivity index is 1.95. The van der Waals surface area contributed by atoms with Crippen LogP contribution in [0.2, 0.25) is 0 Å². The fourth-order valence-corrected chi connectivity index (χ4v) is 2.31. The first-order valence-electron chi connectivity index (χ1n) is 6.45. The van der Waals surface area contributed by atoms with Crippen LogP contribution in [0.25, 0.3) is 11.5 Å². The molecule has 1 aliphatic rings. The first-order chi connectivity index (χ1) is 10.1. The van der Waals surface area contributed by atoms with Gasteiger partial charge in [-0.3, -0.25) is 4.90 Å². The number of hydrogen-bond acceptors (Lipinski definition) is 5. The van der Waals surface area contributed by atoms with Gasteiger partial charge < -0.3 is 9.84 Å². The number of halogens is 3. The highest BCUT2D eigenvalue weighted by Crippen LogP contribution is 2.27. The van der Waals surface area contributed by atoms with Crippen LogP contribution < -0.4 is 5.32 Å². The molecule has 21 heavy (non-hydrogen) atoms. The van der Waals surface area contributed by atoms with E-state index in [4.69, 9.17) is 4.52 Å². The van der Waals surface area contributed by atoms with Crippen molar-refractivity contribution >= 4 is 0 Å². The number of nitrogens with one attached hydrogen (secondary N) is 1. The zero-order valence-electron chi connectivity index (χ0n) is 11.2. The number of piperazine rings is 1. The summed E-state index contributed by atoms with van der Waals surface area (Å²) in [7, 11) is 1.90. The fourth-order valence-electron chi connectivity index (χ4n) is 2.31. The second-order valence-electron chi connectivity index (χ2n) is 4.90. The molecule has 1 aromatic heterocycles. The summed E-state index contributed by atoms with van der Waals surface area (Å²) >= 11 is 0. The summed E-state index contributed by atoms with van der Waals surface area (Å²) < 4.78 is 45.2. The average Bonchev–Trinajstić information content (AvgIpc) is 2.87. The molecule has 0 saturated carbocycles. The highest BCUT2D eigenvalue weighted by atomic mass is 19.1. The Bertz CT molecular complexity index is 638. The fraction of sp³-hybridized carbons (Fsp3) is 0.385. The van der Waals surface area contributed by atoms with Crippen molar-refractivity contribution in [2.75, 3.05) is 26.7 Å². The lowest BCUT2D eigenvalue weighted by molar-refractivity contribution is 0.190. The van der Waals surface area contributed by atoms with Gasteiger partial charge in [-0.15, -0.1) is 0 Å². The second kappa shape index (κ2) is 5.45. The number of nitrogens with zero attached hydrogens (tertiary/aromatic N) is 3. The van der Waals surface area contributed by atoms with Crippen molar-refractivity contribution in [1.82, 2.24) is 20.4 Å². The summed E-state index contributed by atoms with van der Waals surface area (Å²) in [6.45, 7) is 2.26. The lowest BCUT2D eigenvalue weighted by atomic mass is 10.2. The van der Waals surface area contributed by atoms with Crippen molar-refractivity contribution < 1.29 is 17.7 Å². The minimum Gasteiger partial charge on any atom is -0.334 e. The van der Waals surface area contributed by atoms with E-state index in [0.29, 0.717) is 24.5 Å². The Morgan fingerprint density at radius 2 is 2.00 bits per heavy atom. The standard InChI is InChI=1S/C13H13F3N4O/c1-20-3-2-17-6-10(20)12-18-13(21-19-12)11-8(15)4-7(14)5-9(11)16/h4-5,10,17H,2-3,6H2,1H3. The van der Waals surface area contributed by atoms with Crippen LogP contribution >= 0.6 is 0 Å². The second-order valence-corrected chi connectivity index (χ2v) is 4.90. The third-order valence-corrected chi connectivity index (χ3v) is 3.47. The lowest BCUT2D eigenvalue weighted by Crippen LogP contribution is -2.44. The Morgan fingerprint density at radius 3 is 2.67 bits per heavy atom. The highest BCUT2D eigenvalue weighted by Gasteiger charge is 2.27. The van der Waals surface area contributed by atoms with Gasteiger partial charge in [-0.25, -0.2) is 13.2 Å². The van der Waals surface area contributed by atoms with Crippen molar-refractivity contribution in [3.63, 3.8) is 0 Å². The summed E-state index contributed by atoms with van der Waals surface area (Å²) in [6, 6.07) is 1.02. The molecule has 3 rings (SSSR count). The number of aromatic nitrogens is 2. The number of rotatable bonds is 2. The number of hydrogen-bond donors (Lipinski definition) is 1. The van der Waals surface area contributed by atoms with E-state index in [1.54, 1.807) is 0 Å². The van der Waals surface area contributed by atoms with Gasteiger partial charge in [0.2, 0.25) is 0 Å². The van der Waals surface area contributed by atoms with Crippen LogP contribution in [-0.4, -0.2) is 41.7 Å². The van der Waals surface area contributed by atoms with Crippen molar-refractivity contribution in [2.45, 2.75) is 6.04 Å². The van der Waals surface area contributed by atoms with E-state index in [1.165, 1.54) is 0 Å². The van der Waals surface area contributed by atoms with Crippen LogP contribution in [0.15, 0.2) is 16.7 Å². The molecule has 8 heteroatoms. The molecule has 1 saturated heterocycles. The molecule has 112 valence electrons. The predicted molar refractivity (Wildman–Crippen MR) is 67.8 cm³/mol. The zero-order valence-corrected chi connectivity index (χ0v) is 11.2. The Morgan fingerprint density at radius 1 is 1.29 bits per heavy atom. The largest absolute Gasteiger partial charge is 0.334 e. The molecule has 2 heterocycles. The number of benzene rings is 1. The van der Waals surface area contributed by atoms with E-state index in [2.05, 4.69) is 15.5 Å². The van der Waals surface area contributed by atoms with Crippen molar-refractivity contribution in [2.24, 2.45) is 0 Å². The molecule has 0 radical (unpaired) electrons. The molecule has 0 aliphatic carbocycles. The van der Waals surface area contributed by atoms with Crippen LogP contribution in [0.5, 0.6) is 0 Å². The Hall–Kier alpha value is -1.93. The van der Waals surface area contributed by atoms with E-state index in [9.17, 15) is 13.2 Å². The summed E-state index contributed by atoms with van der Waals surface area (Å²) in [5.74, 6) is -3.10. The molecule has 1 atom stereocenters. The predicted octanol–water partition coefficient (Wildman–Crippen LogP) is 1.73. The maximum atomic E-state index is 13.7. The minimum atomic E-state index is -1.07. The van der Waals surface area contributed by atoms with Gasteiger partial charge in [-0.1, -0.05) is 5.16 Å². The molecule has 1 aliphatic heterocycles. The van der Waals surface area contributed by atoms with E-state index in [0.717, 1.165) is 13.1 Å². The minimum absolute atomic E-state index is 0.136. The van der Waals surface area contributed by atoms with Crippen LogP contribution in [0, 0.1) is 17.5 Å². The van der Waals surface area contributed by atoms with E-state index >= 15 is 0 Å². The molecule has 0 amide bonds. The summed E-state index contributed by atoms with van der Waals surface area (Å²) in [5, 5.41) is 6.96. The molecular formula is C13H13F3N4O. The lowest BCUT2D eigenvalue weighted by Gasteiger charge is -2.30. The molecule has 2 aromatic rings. The SMILES string of the molecule is CN1CCNCC1c1noc(-c2c(F)cc(F)cc2F)n1. The molecule has 1 N–H and O–H groups in total. The summed E-state index contributed by atoms with van der Waals surface area (Å²) in [6.07, 6.45) is 0. The topological polar surface area (TPSA) is 54.2 Å². The van der Waals surface area contributed by atoms with E-state index in [-0.39, 0.29) is 11.9 Å². The van der Waals surface area contributed by atoms with E-state index < -0.39 is 23.0 Å². The molecule has 1 aromatic carbocycles. The Kier molecular flexibility index (Phi) is 3.64. The third-order valence-electron chi connectivity index (χ3n) is 3.47. The molecule has 0 spiro atoms. The summed E-state index contributed by atoms with van der Waals surface area (Å²) in [4.78, 5) is 6.06. The average molecular weight is 298 g/mol. The smallest absolute Gasteiger partial charge is 0.263 e. The van der Waals surface area contributed by atoms with Crippen molar-refractivity contribution in [3.8, 4) is 11.5 Å². The van der Waals surface area contributed by atoms with Gasteiger partial charge >= 0.3 is 0 Å². The molecule has 1 unspecified atom stereocenters. The number of likely N-dealkylation sites (N-methyl/N-ethyl adjacent to an activating group) is 1. The van der Waals surface area contributed by atoms with Crippen LogP contribution in [-0.2, 0) is 0 Å². The van der Waals surface area contributed by atoms with Gasteiger partial charge in [0.05, 0.1) is 6.04 Å². The van der Waals surface area contributed by atoms with Crippen molar-refractivity contribution in [1.29, 1.82) is 0 Å². The van der Waals surface area contributed by atoms with E-state index in [1.807, 2.05) is 11.9 Å². The quantitative estimate of drug-likeness (QED) is 0.915. The molecular weight excluding hydrogens is 285 g/mol. The van der Waals surface area contributed by atoms with Gasteiger partial charge in [0.25, 0.3) is 5.89 Å². The first-order valence-corrected chi connectivity index (χ1v) is 6.45. The van der Waals surface area contributed by atoms with Crippen LogP contribution in [0.3, 0.4) is 0 Å². The van der Waals surface area contributed by atoms with Gasteiger partial charge in [0.1, 0.15) is 23.0 Å². The van der Waals surface area contributed by atoms with Crippen LogP contribution in [0.1, 0.15) is 11.9 Å². The maximum absolute atomic E-state index is 13.7. The van der Waals surface area contributed by atoms with Gasteiger partial charge in [0, 0.05) is 31.8 Å². The molecule has 0 bridgehead atoms. The maximum Gasteiger partial charge on any atom is 0.263 e. The normalized spacial score (nSPS) is 19.9. The van der Waals surface area contributed by atoms with Crippen molar-refractivity contribution in [3.05, 3.63) is 35.4 Å². The molecule has 5 nitrogen and oxygen atoms in total. The van der Waals surface area contributed by atoms with Gasteiger partial charge in [-0.05, 0) is 7.05 Å². The first kappa shape index (κ1) is 14.0. The zero-order chi connectivity index (χ0) is 15.0. The summed E-state index contributed by atoms with van der Waals surface area (Å²) in [5.41, 5.74) is -0.512. The monoisotopic (exact) mass is 298 g/mol. The third kappa shape index (κ3) is 2.64. The van der Waals surface area contributed by atoms with Crippen LogP contribution in [0.4, 0.5) is 13.2 Å².